The molecule has 0 radical (unpaired) electrons. The molecule has 102 valence electrons. The van der Waals surface area contributed by atoms with E-state index in [0.29, 0.717) is 0 Å². The van der Waals surface area contributed by atoms with Crippen LogP contribution in [-0.4, -0.2) is 30.8 Å². The van der Waals surface area contributed by atoms with Crippen molar-refractivity contribution < 1.29 is 9.50 Å². The number of aliphatic hydroxyl groups excluding tert-OH is 1. The van der Waals surface area contributed by atoms with Gasteiger partial charge in [-0.05, 0) is 44.4 Å². The summed E-state index contributed by atoms with van der Waals surface area (Å²) < 4.78 is 13.0. The van der Waals surface area contributed by atoms with Gasteiger partial charge in [-0.3, -0.25) is 0 Å². The third-order valence-corrected chi connectivity index (χ3v) is 3.10. The van der Waals surface area contributed by atoms with Crippen molar-refractivity contribution in [3.63, 3.8) is 0 Å². The normalized spacial score (nSPS) is 14.3. The van der Waals surface area contributed by atoms with Crippen molar-refractivity contribution in [2.24, 2.45) is 5.73 Å². The van der Waals surface area contributed by atoms with Gasteiger partial charge in [-0.15, -0.1) is 0 Å². The zero-order valence-electron chi connectivity index (χ0n) is 11.2. The summed E-state index contributed by atoms with van der Waals surface area (Å²) in [6, 6.07) is 6.58. The number of benzene rings is 1. The highest BCUT2D eigenvalue weighted by Crippen LogP contribution is 2.15. The van der Waals surface area contributed by atoms with E-state index in [0.717, 1.165) is 31.5 Å². The van der Waals surface area contributed by atoms with Gasteiger partial charge in [0.1, 0.15) is 5.82 Å². The second-order valence-corrected chi connectivity index (χ2v) is 5.17. The molecule has 1 atom stereocenters. The Balaban J connectivity index is 2.32. The third kappa shape index (κ3) is 5.02. The zero-order valence-corrected chi connectivity index (χ0v) is 11.2. The first-order chi connectivity index (χ1) is 8.44. The SMILES string of the molecule is CN(CCCCC(C)(N)CO)c1cccc(F)c1. The van der Waals surface area contributed by atoms with Gasteiger partial charge >= 0.3 is 0 Å². The number of unbranched alkanes of at least 4 members (excludes halogenated alkanes) is 1. The molecule has 0 aliphatic carbocycles. The fourth-order valence-corrected chi connectivity index (χ4v) is 1.80. The first-order valence-electron chi connectivity index (χ1n) is 6.31. The van der Waals surface area contributed by atoms with Crippen LogP contribution < -0.4 is 10.6 Å². The van der Waals surface area contributed by atoms with E-state index >= 15 is 0 Å². The van der Waals surface area contributed by atoms with Gasteiger partial charge in [0.25, 0.3) is 0 Å². The monoisotopic (exact) mass is 254 g/mol. The topological polar surface area (TPSA) is 49.5 Å². The van der Waals surface area contributed by atoms with Gasteiger partial charge in [-0.2, -0.15) is 0 Å². The molecule has 3 N–H and O–H groups in total. The Labute approximate surface area is 108 Å². The molecular formula is C14H23FN2O. The largest absolute Gasteiger partial charge is 0.394 e. The van der Waals surface area contributed by atoms with Gasteiger partial charge < -0.3 is 15.7 Å². The van der Waals surface area contributed by atoms with Gasteiger partial charge in [-0.25, -0.2) is 4.39 Å². The van der Waals surface area contributed by atoms with Crippen LogP contribution in [0.2, 0.25) is 0 Å². The van der Waals surface area contributed by atoms with Crippen molar-refractivity contribution in [2.45, 2.75) is 31.7 Å². The highest BCUT2D eigenvalue weighted by molar-refractivity contribution is 5.45. The number of hydrogen-bond acceptors (Lipinski definition) is 3. The molecule has 0 spiro atoms. The van der Waals surface area contributed by atoms with Gasteiger partial charge in [0, 0.05) is 24.8 Å². The van der Waals surface area contributed by atoms with Crippen LogP contribution in [0.1, 0.15) is 26.2 Å². The van der Waals surface area contributed by atoms with Crippen LogP contribution in [-0.2, 0) is 0 Å². The minimum absolute atomic E-state index is 0.00668. The molecule has 0 amide bonds. The maximum Gasteiger partial charge on any atom is 0.125 e. The standard InChI is InChI=1S/C14H23FN2O/c1-14(16,11-18)8-3-4-9-17(2)13-7-5-6-12(15)10-13/h5-7,10,18H,3-4,8-9,11,16H2,1-2H3. The summed E-state index contributed by atoms with van der Waals surface area (Å²) in [6.45, 7) is 2.71. The molecule has 0 heterocycles. The molecule has 3 nitrogen and oxygen atoms in total. The summed E-state index contributed by atoms with van der Waals surface area (Å²) in [7, 11) is 1.95. The minimum Gasteiger partial charge on any atom is -0.394 e. The molecule has 0 aliphatic heterocycles. The van der Waals surface area contributed by atoms with Crippen molar-refractivity contribution in [1.29, 1.82) is 0 Å². The van der Waals surface area contributed by atoms with Crippen LogP contribution in [0.25, 0.3) is 0 Å². The molecule has 0 fully saturated rings. The number of aliphatic hydroxyl groups is 1. The van der Waals surface area contributed by atoms with Crippen molar-refractivity contribution in [2.75, 3.05) is 25.1 Å². The third-order valence-electron chi connectivity index (χ3n) is 3.10. The molecule has 0 saturated carbocycles. The number of rotatable bonds is 7. The smallest absolute Gasteiger partial charge is 0.125 e. The van der Waals surface area contributed by atoms with Crippen LogP contribution in [0.4, 0.5) is 10.1 Å². The van der Waals surface area contributed by atoms with Gasteiger partial charge in [0.2, 0.25) is 0 Å². The van der Waals surface area contributed by atoms with Crippen LogP contribution in [0.5, 0.6) is 0 Å². The summed E-state index contributed by atoms with van der Waals surface area (Å²) in [6.07, 6.45) is 2.72. The summed E-state index contributed by atoms with van der Waals surface area (Å²) in [5.74, 6) is -0.214. The van der Waals surface area contributed by atoms with Crippen molar-refractivity contribution in [1.82, 2.24) is 0 Å². The van der Waals surface area contributed by atoms with E-state index in [4.69, 9.17) is 10.8 Å². The first-order valence-corrected chi connectivity index (χ1v) is 6.31. The highest BCUT2D eigenvalue weighted by Gasteiger charge is 2.15. The maximum atomic E-state index is 13.0. The van der Waals surface area contributed by atoms with E-state index in [1.807, 2.05) is 24.9 Å². The number of halogens is 1. The fraction of sp³-hybridized carbons (Fsp3) is 0.571. The molecule has 0 saturated heterocycles. The number of nitrogens with zero attached hydrogens (tertiary/aromatic N) is 1. The van der Waals surface area contributed by atoms with Gasteiger partial charge in [-0.1, -0.05) is 6.07 Å². The lowest BCUT2D eigenvalue weighted by atomic mass is 9.97. The van der Waals surface area contributed by atoms with E-state index in [1.165, 1.54) is 12.1 Å². The van der Waals surface area contributed by atoms with Crippen molar-refractivity contribution in [3.8, 4) is 0 Å². The molecular weight excluding hydrogens is 231 g/mol. The molecule has 0 aliphatic rings. The van der Waals surface area contributed by atoms with Gasteiger partial charge in [0.05, 0.1) is 6.61 Å². The minimum atomic E-state index is -0.489. The van der Waals surface area contributed by atoms with E-state index in [2.05, 4.69) is 0 Å². The maximum absolute atomic E-state index is 13.0. The average Bonchev–Trinajstić information content (AvgIpc) is 2.34. The Kier molecular flexibility index (Phi) is 5.56. The van der Waals surface area contributed by atoms with E-state index < -0.39 is 5.54 Å². The molecule has 1 aromatic carbocycles. The molecule has 1 aromatic rings. The lowest BCUT2D eigenvalue weighted by Crippen LogP contribution is -2.40. The first kappa shape index (κ1) is 14.9. The molecule has 18 heavy (non-hydrogen) atoms. The van der Waals surface area contributed by atoms with Crippen LogP contribution in [0.15, 0.2) is 24.3 Å². The molecule has 1 unspecified atom stereocenters. The molecule has 0 aromatic heterocycles. The van der Waals surface area contributed by atoms with Crippen LogP contribution in [0, 0.1) is 5.82 Å². The lowest BCUT2D eigenvalue weighted by Gasteiger charge is -2.23. The van der Waals surface area contributed by atoms with Crippen molar-refractivity contribution in [3.05, 3.63) is 30.1 Å². The number of nitrogens with two attached hydrogens (primary N) is 1. The zero-order chi connectivity index (χ0) is 13.6. The fourth-order valence-electron chi connectivity index (χ4n) is 1.80. The summed E-state index contributed by atoms with van der Waals surface area (Å²) >= 11 is 0. The second kappa shape index (κ2) is 6.71. The Morgan fingerprint density at radius 2 is 2.11 bits per heavy atom. The lowest BCUT2D eigenvalue weighted by molar-refractivity contribution is 0.197. The van der Waals surface area contributed by atoms with Crippen LogP contribution in [0.3, 0.4) is 0 Å². The van der Waals surface area contributed by atoms with Crippen molar-refractivity contribution >= 4 is 5.69 Å². The second-order valence-electron chi connectivity index (χ2n) is 5.17. The van der Waals surface area contributed by atoms with Gasteiger partial charge in [0.15, 0.2) is 0 Å². The highest BCUT2D eigenvalue weighted by atomic mass is 19.1. The molecule has 1 rings (SSSR count). The van der Waals surface area contributed by atoms with E-state index in [-0.39, 0.29) is 12.4 Å². The Bertz CT molecular complexity index is 369. The summed E-state index contributed by atoms with van der Waals surface area (Å²) in [4.78, 5) is 2.02. The number of anilines is 1. The average molecular weight is 254 g/mol. The summed E-state index contributed by atoms with van der Waals surface area (Å²) in [5, 5.41) is 9.03. The quantitative estimate of drug-likeness (QED) is 0.733. The summed E-state index contributed by atoms with van der Waals surface area (Å²) in [5.41, 5.74) is 6.24. The Hall–Kier alpha value is -1.13. The molecule has 0 bridgehead atoms. The van der Waals surface area contributed by atoms with E-state index in [1.54, 1.807) is 6.07 Å². The van der Waals surface area contributed by atoms with Crippen LogP contribution >= 0.6 is 0 Å². The molecule has 4 heteroatoms. The predicted octanol–water partition coefficient (Wildman–Crippen LogP) is 2.14. The predicted molar refractivity (Wildman–Crippen MR) is 73.2 cm³/mol. The van der Waals surface area contributed by atoms with E-state index in [9.17, 15) is 4.39 Å². The Morgan fingerprint density at radius 3 is 2.72 bits per heavy atom. The Morgan fingerprint density at radius 1 is 1.39 bits per heavy atom. The number of hydrogen-bond donors (Lipinski definition) is 2.